The summed E-state index contributed by atoms with van der Waals surface area (Å²) in [5.74, 6) is 1.94. The Morgan fingerprint density at radius 2 is 0.714 bits per heavy atom. The number of hydrogen-bond donors (Lipinski definition) is 0. The molecule has 0 amide bonds. The zero-order valence-corrected chi connectivity index (χ0v) is 39.2. The number of nitrogens with zero attached hydrogens (tertiary/aromatic N) is 4. The Bertz CT molecular complexity index is 3930. The fourth-order valence-corrected chi connectivity index (χ4v) is 14.9. The molecule has 0 N–H and O–H groups in total. The monoisotopic (exact) mass is 922 g/mol. The van der Waals surface area contributed by atoms with Crippen LogP contribution in [0.3, 0.4) is 0 Å². The fourth-order valence-electron chi connectivity index (χ4n) is 12.1. The molecule has 12 aromatic rings. The zero-order valence-electron chi connectivity index (χ0n) is 37.5. The summed E-state index contributed by atoms with van der Waals surface area (Å²) < 4.78 is 4.94. The van der Waals surface area contributed by atoms with Crippen molar-refractivity contribution in [1.29, 1.82) is 0 Å². The molecule has 2 aromatic heterocycles. The maximum Gasteiger partial charge on any atom is 0.249 e. The number of rotatable bonds is 5. The molecule has 4 nitrogen and oxygen atoms in total. The van der Waals surface area contributed by atoms with Crippen LogP contribution >= 0.6 is 23.5 Å². The first-order valence-corrected chi connectivity index (χ1v) is 25.6. The minimum Gasteiger partial charge on any atom is -0.293 e. The van der Waals surface area contributed by atoms with E-state index >= 15 is 0 Å². The van der Waals surface area contributed by atoms with Crippen LogP contribution in [-0.4, -0.2) is 32.5 Å². The Morgan fingerprint density at radius 3 is 1.13 bits per heavy atom. The Hall–Kier alpha value is -8.03. The van der Waals surface area contributed by atoms with Gasteiger partial charge in [-0.25, -0.2) is 9.97 Å². The van der Waals surface area contributed by atoms with Gasteiger partial charge in [-0.3, -0.25) is 9.13 Å². The van der Waals surface area contributed by atoms with Crippen molar-refractivity contribution in [2.75, 3.05) is 0 Å². The molecule has 0 aliphatic carbocycles. The van der Waals surface area contributed by atoms with E-state index in [2.05, 4.69) is 228 Å². The molecule has 4 aliphatic rings. The number of aromatic nitrogens is 4. The Balaban J connectivity index is 1.03. The number of para-hydroxylation sites is 2. The van der Waals surface area contributed by atoms with Crippen LogP contribution in [0, 0.1) is 0 Å². The van der Waals surface area contributed by atoms with Gasteiger partial charge < -0.3 is 0 Å². The molecule has 10 aromatic carbocycles. The van der Waals surface area contributed by atoms with Crippen LogP contribution in [0.2, 0.25) is 0 Å². The summed E-state index contributed by atoms with van der Waals surface area (Å²) >= 11 is 3.90. The van der Waals surface area contributed by atoms with Gasteiger partial charge in [0.2, 0.25) is 13.4 Å². The van der Waals surface area contributed by atoms with Crippen molar-refractivity contribution in [2.45, 2.75) is 19.6 Å². The molecule has 322 valence electrons. The van der Waals surface area contributed by atoms with Gasteiger partial charge in [0.05, 0.1) is 22.1 Å². The van der Waals surface area contributed by atoms with Gasteiger partial charge in [0.25, 0.3) is 0 Å². The normalized spacial score (nSPS) is 13.3. The molecule has 0 saturated carbocycles. The van der Waals surface area contributed by atoms with Crippen LogP contribution < -0.4 is 32.8 Å². The molecule has 0 spiro atoms. The second-order valence-corrected chi connectivity index (χ2v) is 20.9. The van der Waals surface area contributed by atoms with E-state index in [1.54, 1.807) is 0 Å². The van der Waals surface area contributed by atoms with Crippen LogP contribution in [0.25, 0.3) is 89.6 Å². The van der Waals surface area contributed by atoms with Gasteiger partial charge in [-0.2, -0.15) is 0 Å². The summed E-state index contributed by atoms with van der Waals surface area (Å²) in [6, 6.07) is 80.4. The predicted octanol–water partition coefficient (Wildman–Crippen LogP) is 11.3. The van der Waals surface area contributed by atoms with E-state index in [1.807, 2.05) is 23.5 Å². The molecule has 0 radical (unpaired) electrons. The molecule has 0 saturated heterocycles. The van der Waals surface area contributed by atoms with Crippen molar-refractivity contribution in [3.8, 4) is 67.5 Å². The Kier molecular flexibility index (Phi) is 8.19. The highest BCUT2D eigenvalue weighted by atomic mass is 32.2. The molecule has 0 atom stereocenters. The first-order chi connectivity index (χ1) is 34.7. The molecule has 0 bridgehead atoms. The van der Waals surface area contributed by atoms with E-state index in [-0.39, 0.29) is 13.4 Å². The van der Waals surface area contributed by atoms with Gasteiger partial charge in [-0.15, -0.1) is 0 Å². The maximum atomic E-state index is 5.47. The lowest BCUT2D eigenvalue weighted by molar-refractivity contribution is 1.10. The number of hydrogen-bond acceptors (Lipinski definition) is 4. The van der Waals surface area contributed by atoms with E-state index in [9.17, 15) is 0 Å². The lowest BCUT2D eigenvalue weighted by Gasteiger charge is -2.39. The quantitative estimate of drug-likeness (QED) is 0.161. The second kappa shape index (κ2) is 14.7. The van der Waals surface area contributed by atoms with Gasteiger partial charge >= 0.3 is 0 Å². The lowest BCUT2D eigenvalue weighted by atomic mass is 9.32. The van der Waals surface area contributed by atoms with Crippen molar-refractivity contribution < 1.29 is 0 Å². The van der Waals surface area contributed by atoms with Gasteiger partial charge in [0.15, 0.2) is 0 Å². The van der Waals surface area contributed by atoms with E-state index in [0.29, 0.717) is 0 Å². The summed E-state index contributed by atoms with van der Waals surface area (Å²) in [6.07, 6.45) is 0. The summed E-state index contributed by atoms with van der Waals surface area (Å²) in [5.41, 5.74) is 24.4. The molecule has 6 heterocycles. The summed E-state index contributed by atoms with van der Waals surface area (Å²) in [6.45, 7) is -0.0625. The van der Waals surface area contributed by atoms with Gasteiger partial charge in [-0.1, -0.05) is 216 Å². The topological polar surface area (TPSA) is 35.6 Å². The van der Waals surface area contributed by atoms with Crippen LogP contribution in [0.5, 0.6) is 0 Å². The van der Waals surface area contributed by atoms with E-state index in [4.69, 9.17) is 9.97 Å². The van der Waals surface area contributed by atoms with Crippen molar-refractivity contribution in [1.82, 2.24) is 19.1 Å². The third kappa shape index (κ3) is 5.43. The Morgan fingerprint density at radius 1 is 0.329 bits per heavy atom. The largest absolute Gasteiger partial charge is 0.293 e. The van der Waals surface area contributed by atoms with E-state index in [1.165, 1.54) is 108 Å². The Labute approximate surface area is 413 Å². The molecule has 16 rings (SSSR count). The summed E-state index contributed by atoms with van der Waals surface area (Å²) in [5, 5.41) is 0. The molecular formula is C62H36B2N4S2. The van der Waals surface area contributed by atoms with Crippen LogP contribution in [0.1, 0.15) is 0 Å². The maximum absolute atomic E-state index is 5.47. The van der Waals surface area contributed by atoms with E-state index < -0.39 is 0 Å². The molecular weight excluding hydrogens is 886 g/mol. The van der Waals surface area contributed by atoms with Crippen molar-refractivity contribution >= 4 is 91.8 Å². The standard InChI is InChI=1S/C62H36B2N4S2/c1-6-18-37(19-7-1)42-32-50-55-52(34-42)69-59-46(63(55)44-28-16-30-48-57(44)67(50)61(65-48)40-24-12-4-13-25-40)36-47-60(54(59)39-22-10-3-11-23-39)70-53-35-43(38-20-8-2-9-21-38)33-51-56(53)64(47)45-29-17-31-49-58(45)68(51)62(66-49)41-26-14-5-15-27-41/h1-36H. The molecule has 0 unspecified atom stereocenters. The zero-order chi connectivity index (χ0) is 45.6. The highest BCUT2D eigenvalue weighted by molar-refractivity contribution is 8.01. The van der Waals surface area contributed by atoms with Crippen molar-refractivity contribution in [2.24, 2.45) is 0 Å². The average molecular weight is 923 g/mol. The van der Waals surface area contributed by atoms with Crippen LogP contribution in [0.4, 0.5) is 0 Å². The summed E-state index contributed by atoms with van der Waals surface area (Å²) in [4.78, 5) is 16.2. The average Bonchev–Trinajstić information content (AvgIpc) is 4.02. The predicted molar refractivity (Wildman–Crippen MR) is 293 cm³/mol. The second-order valence-electron chi connectivity index (χ2n) is 18.8. The number of fused-ring (bicyclic) bond motifs is 8. The highest BCUT2D eigenvalue weighted by Gasteiger charge is 2.46. The highest BCUT2D eigenvalue weighted by Crippen LogP contribution is 2.49. The lowest BCUT2D eigenvalue weighted by Crippen LogP contribution is -2.63. The van der Waals surface area contributed by atoms with Crippen molar-refractivity contribution in [3.63, 3.8) is 0 Å². The molecule has 70 heavy (non-hydrogen) atoms. The third-order valence-corrected chi connectivity index (χ3v) is 17.4. The minimum atomic E-state index is -0.0312. The molecule has 8 heteroatoms. The smallest absolute Gasteiger partial charge is 0.249 e. The van der Waals surface area contributed by atoms with Crippen LogP contribution in [0.15, 0.2) is 238 Å². The molecule has 0 fully saturated rings. The van der Waals surface area contributed by atoms with Crippen LogP contribution in [-0.2, 0) is 0 Å². The SMILES string of the molecule is c1ccc(-c2cc3c4c(c2)-n2c(-c5ccccc5)nc5cccc(c52)B4c2cc4c(c(-c5ccccc5)c2S3)Sc2cc(-c3ccccc3)cc3c2B4c2cccc4nc(-c5ccccc5)n-3c24)cc1. The number of benzene rings is 10. The van der Waals surface area contributed by atoms with Crippen molar-refractivity contribution in [3.05, 3.63) is 218 Å². The minimum absolute atomic E-state index is 0.0312. The molecule has 4 aliphatic heterocycles. The van der Waals surface area contributed by atoms with Gasteiger partial charge in [0.1, 0.15) is 11.6 Å². The first kappa shape index (κ1) is 38.9. The van der Waals surface area contributed by atoms with Gasteiger partial charge in [-0.05, 0) is 86.1 Å². The number of imidazole rings is 2. The first-order valence-electron chi connectivity index (χ1n) is 24.0. The fraction of sp³-hybridized carbons (Fsp3) is 0. The third-order valence-electron chi connectivity index (χ3n) is 15.0. The summed E-state index contributed by atoms with van der Waals surface area (Å²) in [7, 11) is 0. The van der Waals surface area contributed by atoms with Gasteiger partial charge in [0, 0.05) is 47.6 Å². The van der Waals surface area contributed by atoms with E-state index in [0.717, 1.165) is 33.8 Å².